The molecule has 0 radical (unpaired) electrons. The predicted molar refractivity (Wildman–Crippen MR) is 26.2 cm³/mol. The van der Waals surface area contributed by atoms with Crippen LogP contribution < -0.4 is 14.9 Å². The largest absolute Gasteiger partial charge is 0.539 e. The summed E-state index contributed by atoms with van der Waals surface area (Å²) in [6.45, 7) is 0. The highest BCUT2D eigenvalue weighted by Gasteiger charge is 2.03. The molecule has 9 heavy (non-hydrogen) atoms. The van der Waals surface area contributed by atoms with Gasteiger partial charge >= 0.3 is 0 Å². The molecule has 5 heteroatoms. The second-order valence-corrected chi connectivity index (χ2v) is 1.79. The van der Waals surface area contributed by atoms with E-state index in [0.29, 0.717) is 0 Å². The summed E-state index contributed by atoms with van der Waals surface area (Å²) in [7, 11) is 3.50. The van der Waals surface area contributed by atoms with E-state index in [2.05, 4.69) is 9.79 Å². The lowest BCUT2D eigenvalue weighted by Gasteiger charge is -1.95. The van der Waals surface area contributed by atoms with E-state index in [9.17, 15) is 5.11 Å². The van der Waals surface area contributed by atoms with Crippen LogP contribution in [0.1, 0.15) is 0 Å². The minimum absolute atomic E-state index is 0.441. The van der Waals surface area contributed by atoms with Crippen LogP contribution in [-0.4, -0.2) is 19.4 Å². The zero-order valence-electron chi connectivity index (χ0n) is 5.24. The SMILES string of the molecule is CN(C)[n+]1cc([O-])on1. The lowest BCUT2D eigenvalue weighted by molar-refractivity contribution is -0.753. The predicted octanol–water partition coefficient (Wildman–Crippen LogP) is -1.77. The molecule has 50 valence electrons. The summed E-state index contributed by atoms with van der Waals surface area (Å²) in [5.41, 5.74) is 0. The third kappa shape index (κ3) is 1.10. The van der Waals surface area contributed by atoms with Crippen LogP contribution in [0.3, 0.4) is 0 Å². The molecule has 0 fully saturated rings. The van der Waals surface area contributed by atoms with Gasteiger partial charge in [0.1, 0.15) is 5.27 Å². The number of hydrogen-bond donors (Lipinski definition) is 0. The van der Waals surface area contributed by atoms with Crippen molar-refractivity contribution in [2.24, 2.45) is 0 Å². The van der Waals surface area contributed by atoms with Crippen LogP contribution in [0.25, 0.3) is 0 Å². The fraction of sp³-hybridized carbons (Fsp3) is 0.500. The summed E-state index contributed by atoms with van der Waals surface area (Å²) >= 11 is 0. The number of nitrogens with zero attached hydrogens (tertiary/aromatic N) is 3. The van der Waals surface area contributed by atoms with Gasteiger partial charge in [0, 0.05) is 4.79 Å². The Balaban J connectivity index is 2.85. The van der Waals surface area contributed by atoms with Gasteiger partial charge in [0.2, 0.25) is 0 Å². The Morgan fingerprint density at radius 1 is 1.78 bits per heavy atom. The van der Waals surface area contributed by atoms with E-state index in [1.165, 1.54) is 11.0 Å². The van der Waals surface area contributed by atoms with Gasteiger partial charge in [0.15, 0.2) is 5.95 Å². The van der Waals surface area contributed by atoms with Crippen molar-refractivity contribution in [1.82, 2.24) is 5.27 Å². The Labute approximate surface area is 52.0 Å². The molecule has 0 N–H and O–H groups in total. The molecular weight excluding hydrogens is 122 g/mol. The number of hydrogen-bond acceptors (Lipinski definition) is 4. The van der Waals surface area contributed by atoms with Crippen LogP contribution >= 0.6 is 0 Å². The molecule has 0 aliphatic carbocycles. The van der Waals surface area contributed by atoms with Gasteiger partial charge in [-0.05, 0) is 0 Å². The molecule has 0 spiro atoms. The fourth-order valence-electron chi connectivity index (χ4n) is 0.412. The second-order valence-electron chi connectivity index (χ2n) is 1.79. The molecule has 0 saturated carbocycles. The van der Waals surface area contributed by atoms with Gasteiger partial charge in [0.05, 0.1) is 14.1 Å². The van der Waals surface area contributed by atoms with E-state index in [1.54, 1.807) is 19.1 Å². The molecule has 1 aromatic heterocycles. The smallest absolute Gasteiger partial charge is 0.255 e. The fourth-order valence-corrected chi connectivity index (χ4v) is 0.412. The van der Waals surface area contributed by atoms with Crippen molar-refractivity contribution in [3.63, 3.8) is 0 Å². The van der Waals surface area contributed by atoms with Gasteiger partial charge in [-0.3, -0.25) is 0 Å². The first-order chi connectivity index (χ1) is 4.20. The van der Waals surface area contributed by atoms with Crippen molar-refractivity contribution in [2.75, 3.05) is 19.1 Å². The van der Waals surface area contributed by atoms with Crippen molar-refractivity contribution in [3.8, 4) is 5.95 Å². The molecule has 5 nitrogen and oxygen atoms in total. The molecule has 0 atom stereocenters. The lowest BCUT2D eigenvalue weighted by atomic mass is 10.9. The Hall–Kier alpha value is -1.26. The molecule has 1 aromatic rings. The Morgan fingerprint density at radius 3 is 2.67 bits per heavy atom. The van der Waals surface area contributed by atoms with Crippen LogP contribution in [0.5, 0.6) is 5.95 Å². The topological polar surface area (TPSA) is 56.2 Å². The lowest BCUT2D eigenvalue weighted by Crippen LogP contribution is -2.53. The molecule has 1 heterocycles. The first-order valence-corrected chi connectivity index (χ1v) is 2.43. The minimum atomic E-state index is -0.441. The van der Waals surface area contributed by atoms with E-state index in [0.717, 1.165) is 0 Å². The Bertz CT molecular complexity index is 195. The molecule has 1 rings (SSSR count). The highest BCUT2D eigenvalue weighted by atomic mass is 16.6. The molecule has 0 bridgehead atoms. The zero-order valence-corrected chi connectivity index (χ0v) is 5.24. The maximum Gasteiger partial charge on any atom is 0.255 e. The maximum atomic E-state index is 10.3. The van der Waals surface area contributed by atoms with Crippen LogP contribution in [0, 0.1) is 0 Å². The average molecular weight is 129 g/mol. The molecular formula is C4H7N3O2. The summed E-state index contributed by atoms with van der Waals surface area (Å²) < 4.78 is 4.24. The molecule has 0 aliphatic rings. The molecule has 0 saturated heterocycles. The van der Waals surface area contributed by atoms with Gasteiger partial charge in [-0.15, -0.1) is 0 Å². The van der Waals surface area contributed by atoms with Crippen molar-refractivity contribution < 1.29 is 14.4 Å². The van der Waals surface area contributed by atoms with E-state index in [-0.39, 0.29) is 0 Å². The molecule has 0 amide bonds. The van der Waals surface area contributed by atoms with Crippen LogP contribution in [-0.2, 0) is 0 Å². The van der Waals surface area contributed by atoms with Gasteiger partial charge < -0.3 is 9.63 Å². The van der Waals surface area contributed by atoms with Crippen molar-refractivity contribution in [3.05, 3.63) is 6.20 Å². The molecule has 0 unspecified atom stereocenters. The minimum Gasteiger partial charge on any atom is -0.539 e. The van der Waals surface area contributed by atoms with E-state index in [1.807, 2.05) is 0 Å². The van der Waals surface area contributed by atoms with E-state index in [4.69, 9.17) is 0 Å². The zero-order chi connectivity index (χ0) is 6.85. The van der Waals surface area contributed by atoms with Gasteiger partial charge in [-0.1, -0.05) is 0 Å². The normalized spacial score (nSPS) is 9.56. The summed E-state index contributed by atoms with van der Waals surface area (Å²) in [5.74, 6) is -0.441. The summed E-state index contributed by atoms with van der Waals surface area (Å²) in [4.78, 5) is 1.31. The first kappa shape index (κ1) is 5.87. The van der Waals surface area contributed by atoms with E-state index >= 15 is 0 Å². The maximum absolute atomic E-state index is 10.3. The van der Waals surface area contributed by atoms with Crippen molar-refractivity contribution in [1.29, 1.82) is 0 Å². The number of aromatic nitrogens is 2. The van der Waals surface area contributed by atoms with Crippen molar-refractivity contribution in [2.45, 2.75) is 0 Å². The van der Waals surface area contributed by atoms with E-state index < -0.39 is 5.95 Å². The summed E-state index contributed by atoms with van der Waals surface area (Å²) in [6, 6.07) is 0. The quantitative estimate of drug-likeness (QED) is 0.421. The highest BCUT2D eigenvalue weighted by molar-refractivity contribution is 4.80. The third-order valence-corrected chi connectivity index (χ3v) is 0.845. The van der Waals surface area contributed by atoms with Crippen LogP contribution in [0.4, 0.5) is 0 Å². The van der Waals surface area contributed by atoms with Gasteiger partial charge in [-0.2, -0.15) is 5.01 Å². The van der Waals surface area contributed by atoms with Gasteiger partial charge in [0.25, 0.3) is 6.20 Å². The summed E-state index contributed by atoms with van der Waals surface area (Å²) in [6.07, 6.45) is 1.25. The summed E-state index contributed by atoms with van der Waals surface area (Å²) in [5, 5.41) is 15.3. The third-order valence-electron chi connectivity index (χ3n) is 0.845. The second kappa shape index (κ2) is 1.93. The van der Waals surface area contributed by atoms with Crippen LogP contribution in [0.15, 0.2) is 10.7 Å². The Kier molecular flexibility index (Phi) is 1.26. The monoisotopic (exact) mass is 129 g/mol. The first-order valence-electron chi connectivity index (χ1n) is 2.43. The average Bonchev–Trinajstić information content (AvgIpc) is 2.14. The van der Waals surface area contributed by atoms with Crippen LogP contribution in [0.2, 0.25) is 0 Å². The number of rotatable bonds is 1. The Morgan fingerprint density at radius 2 is 2.44 bits per heavy atom. The molecule has 0 aliphatic heterocycles. The standard InChI is InChI=1S/C4H7N3O2/c1-6(2)7-3-4(8)9-5-7/h3H,1-2H3. The molecule has 0 aromatic carbocycles. The van der Waals surface area contributed by atoms with Crippen molar-refractivity contribution >= 4 is 0 Å². The highest BCUT2D eigenvalue weighted by Crippen LogP contribution is 1.91. The van der Waals surface area contributed by atoms with Gasteiger partial charge in [-0.25, -0.2) is 0 Å².